The van der Waals surface area contributed by atoms with E-state index in [1.165, 1.54) is 0 Å². The monoisotopic (exact) mass is 543 g/mol. The van der Waals surface area contributed by atoms with E-state index in [1.807, 2.05) is 19.1 Å². The summed E-state index contributed by atoms with van der Waals surface area (Å²) < 4.78 is 5.37. The van der Waals surface area contributed by atoms with Crippen molar-refractivity contribution in [1.82, 2.24) is 20.9 Å². The Balaban J connectivity index is 1.64. The maximum atomic E-state index is 12.8. The number of anilines is 1. The molecule has 0 aliphatic carbocycles. The number of benzene rings is 1. The van der Waals surface area contributed by atoms with Gasteiger partial charge in [0.2, 0.25) is 23.6 Å². The van der Waals surface area contributed by atoms with E-state index in [9.17, 15) is 28.8 Å². The van der Waals surface area contributed by atoms with E-state index < -0.39 is 35.7 Å². The van der Waals surface area contributed by atoms with E-state index in [-0.39, 0.29) is 56.9 Å². The van der Waals surface area contributed by atoms with Gasteiger partial charge < -0.3 is 26.0 Å². The van der Waals surface area contributed by atoms with E-state index in [2.05, 4.69) is 21.3 Å². The van der Waals surface area contributed by atoms with Gasteiger partial charge in [-0.3, -0.25) is 33.7 Å². The average molecular weight is 544 g/mol. The molecule has 0 bridgehead atoms. The van der Waals surface area contributed by atoms with Gasteiger partial charge in [0.25, 0.3) is 11.8 Å². The molecule has 0 radical (unpaired) electrons. The lowest BCUT2D eigenvalue weighted by atomic mass is 10.0. The summed E-state index contributed by atoms with van der Waals surface area (Å²) in [5.74, 6) is -2.68. The second-order valence-electron chi connectivity index (χ2n) is 9.50. The van der Waals surface area contributed by atoms with E-state index in [4.69, 9.17) is 4.74 Å². The SMILES string of the molecule is Cc1ccc(NC(=O)[C@H](C)NC(=O)[C@@H](NC(=O)CCOCCNC(=O)CCN2C(=O)C=CC2=O)C(C)C)cc1. The lowest BCUT2D eigenvalue weighted by Gasteiger charge is -2.24. The zero-order valence-electron chi connectivity index (χ0n) is 22.7. The molecule has 12 heteroatoms. The first-order valence-corrected chi connectivity index (χ1v) is 12.8. The molecule has 212 valence electrons. The molecule has 6 amide bonds. The Bertz CT molecular complexity index is 1070. The van der Waals surface area contributed by atoms with Crippen molar-refractivity contribution in [2.75, 3.05) is 31.6 Å². The first-order valence-electron chi connectivity index (χ1n) is 12.8. The van der Waals surface area contributed by atoms with Crippen molar-refractivity contribution in [3.05, 3.63) is 42.0 Å². The predicted molar refractivity (Wildman–Crippen MR) is 143 cm³/mol. The molecule has 1 aromatic carbocycles. The van der Waals surface area contributed by atoms with Crippen LogP contribution >= 0.6 is 0 Å². The highest BCUT2D eigenvalue weighted by molar-refractivity contribution is 6.13. The number of imide groups is 1. The highest BCUT2D eigenvalue weighted by atomic mass is 16.5. The van der Waals surface area contributed by atoms with Crippen molar-refractivity contribution in [3.63, 3.8) is 0 Å². The fourth-order valence-electron chi connectivity index (χ4n) is 3.52. The minimum atomic E-state index is -0.837. The molecular formula is C27H37N5O7. The second kappa shape index (κ2) is 15.4. The van der Waals surface area contributed by atoms with Crippen molar-refractivity contribution in [2.45, 2.75) is 52.6 Å². The maximum Gasteiger partial charge on any atom is 0.253 e. The summed E-state index contributed by atoms with van der Waals surface area (Å²) >= 11 is 0. The number of hydrogen-bond acceptors (Lipinski definition) is 7. The number of aryl methyl sites for hydroxylation is 1. The standard InChI is InChI=1S/C27H37N5O7/c1-17(2)25(27(38)29-19(4)26(37)30-20-7-5-18(3)6-8-20)31-22(34)12-15-39-16-13-28-21(33)11-14-32-23(35)9-10-24(32)36/h5-10,17,19,25H,11-16H2,1-4H3,(H,28,33)(H,29,38)(H,30,37)(H,31,34)/t19-,25-/m0/s1. The molecular weight excluding hydrogens is 506 g/mol. The molecule has 2 rings (SSSR count). The number of nitrogens with one attached hydrogen (secondary N) is 4. The van der Waals surface area contributed by atoms with Gasteiger partial charge >= 0.3 is 0 Å². The molecule has 2 atom stereocenters. The van der Waals surface area contributed by atoms with E-state index >= 15 is 0 Å². The van der Waals surface area contributed by atoms with Gasteiger partial charge in [0.1, 0.15) is 12.1 Å². The lowest BCUT2D eigenvalue weighted by Crippen LogP contribution is -2.53. The van der Waals surface area contributed by atoms with Crippen LogP contribution in [-0.4, -0.2) is 78.7 Å². The highest BCUT2D eigenvalue weighted by Gasteiger charge is 2.27. The Kier molecular flexibility index (Phi) is 12.3. The molecule has 12 nitrogen and oxygen atoms in total. The highest BCUT2D eigenvalue weighted by Crippen LogP contribution is 2.09. The van der Waals surface area contributed by atoms with Crippen molar-refractivity contribution < 1.29 is 33.5 Å². The van der Waals surface area contributed by atoms with Crippen LogP contribution in [0.4, 0.5) is 5.69 Å². The van der Waals surface area contributed by atoms with Crippen LogP contribution in [0.3, 0.4) is 0 Å². The van der Waals surface area contributed by atoms with Crippen molar-refractivity contribution in [2.24, 2.45) is 5.92 Å². The number of carbonyl (C=O) groups excluding carboxylic acids is 6. The van der Waals surface area contributed by atoms with Gasteiger partial charge in [-0.2, -0.15) is 0 Å². The Morgan fingerprint density at radius 2 is 1.49 bits per heavy atom. The molecule has 4 N–H and O–H groups in total. The summed E-state index contributed by atoms with van der Waals surface area (Å²) in [6.07, 6.45) is 2.30. The number of ether oxygens (including phenoxy) is 1. The van der Waals surface area contributed by atoms with Crippen LogP contribution < -0.4 is 21.3 Å². The van der Waals surface area contributed by atoms with E-state index in [1.54, 1.807) is 32.9 Å². The Morgan fingerprint density at radius 1 is 0.846 bits per heavy atom. The van der Waals surface area contributed by atoms with Crippen LogP contribution in [0.15, 0.2) is 36.4 Å². The summed E-state index contributed by atoms with van der Waals surface area (Å²) in [6.45, 7) is 7.50. The minimum Gasteiger partial charge on any atom is -0.379 e. The van der Waals surface area contributed by atoms with Crippen LogP contribution in [0.5, 0.6) is 0 Å². The van der Waals surface area contributed by atoms with Crippen molar-refractivity contribution in [1.29, 1.82) is 0 Å². The van der Waals surface area contributed by atoms with Gasteiger partial charge in [-0.15, -0.1) is 0 Å². The Morgan fingerprint density at radius 3 is 2.10 bits per heavy atom. The summed E-state index contributed by atoms with van der Waals surface area (Å²) in [5, 5.41) is 10.7. The Labute approximate surface area is 227 Å². The molecule has 0 unspecified atom stereocenters. The summed E-state index contributed by atoms with van der Waals surface area (Å²) in [5.41, 5.74) is 1.68. The zero-order chi connectivity index (χ0) is 28.9. The fourth-order valence-corrected chi connectivity index (χ4v) is 3.52. The minimum absolute atomic E-state index is 0.0000924. The molecule has 0 saturated heterocycles. The summed E-state index contributed by atoms with van der Waals surface area (Å²) in [6, 6.07) is 5.63. The van der Waals surface area contributed by atoms with Gasteiger partial charge in [-0.05, 0) is 31.9 Å². The van der Waals surface area contributed by atoms with Crippen LogP contribution in [-0.2, 0) is 33.5 Å². The smallest absolute Gasteiger partial charge is 0.253 e. The maximum absolute atomic E-state index is 12.8. The zero-order valence-corrected chi connectivity index (χ0v) is 22.7. The number of nitrogens with zero attached hydrogens (tertiary/aromatic N) is 1. The molecule has 39 heavy (non-hydrogen) atoms. The van der Waals surface area contributed by atoms with Crippen molar-refractivity contribution in [3.8, 4) is 0 Å². The fraction of sp³-hybridized carbons (Fsp3) is 0.481. The first kappa shape index (κ1) is 31.2. The van der Waals surface area contributed by atoms with Crippen LogP contribution in [0, 0.1) is 12.8 Å². The van der Waals surface area contributed by atoms with Gasteiger partial charge in [0.15, 0.2) is 0 Å². The third kappa shape index (κ3) is 10.7. The summed E-state index contributed by atoms with van der Waals surface area (Å²) in [4.78, 5) is 73.4. The predicted octanol–water partition coefficient (Wildman–Crippen LogP) is 0.417. The molecule has 0 aromatic heterocycles. The van der Waals surface area contributed by atoms with Gasteiger partial charge in [0.05, 0.1) is 13.2 Å². The molecule has 0 fully saturated rings. The third-order valence-corrected chi connectivity index (χ3v) is 5.84. The van der Waals surface area contributed by atoms with E-state index in [0.717, 1.165) is 22.6 Å². The normalized spacial score (nSPS) is 14.2. The molecule has 1 aliphatic rings. The first-order chi connectivity index (χ1) is 18.5. The molecule has 0 spiro atoms. The topological polar surface area (TPSA) is 163 Å². The Hall–Kier alpha value is -4.06. The van der Waals surface area contributed by atoms with Gasteiger partial charge in [-0.25, -0.2) is 0 Å². The average Bonchev–Trinajstić information content (AvgIpc) is 3.21. The number of hydrogen-bond donors (Lipinski definition) is 4. The molecule has 1 heterocycles. The van der Waals surface area contributed by atoms with Gasteiger partial charge in [0, 0.05) is 43.8 Å². The summed E-state index contributed by atoms with van der Waals surface area (Å²) in [7, 11) is 0. The van der Waals surface area contributed by atoms with Crippen LogP contribution in [0.1, 0.15) is 39.2 Å². The second-order valence-corrected chi connectivity index (χ2v) is 9.50. The third-order valence-electron chi connectivity index (χ3n) is 5.84. The molecule has 1 aliphatic heterocycles. The van der Waals surface area contributed by atoms with Gasteiger partial charge in [-0.1, -0.05) is 31.5 Å². The van der Waals surface area contributed by atoms with Crippen LogP contribution in [0.2, 0.25) is 0 Å². The van der Waals surface area contributed by atoms with E-state index in [0.29, 0.717) is 5.69 Å². The largest absolute Gasteiger partial charge is 0.379 e. The lowest BCUT2D eigenvalue weighted by molar-refractivity contribution is -0.137. The number of rotatable bonds is 15. The number of amides is 6. The van der Waals surface area contributed by atoms with Crippen molar-refractivity contribution >= 4 is 41.1 Å². The molecule has 1 aromatic rings. The quantitative estimate of drug-likeness (QED) is 0.184. The molecule has 0 saturated carbocycles. The van der Waals surface area contributed by atoms with Crippen LogP contribution in [0.25, 0.3) is 0 Å². The number of carbonyl (C=O) groups is 6.